The molecule has 1 aromatic carbocycles. The molecule has 0 unspecified atom stereocenters. The molecule has 0 fully saturated rings. The molecule has 3 aromatic heterocycles. The summed E-state index contributed by atoms with van der Waals surface area (Å²) in [5.41, 5.74) is 4.41. The maximum atomic E-state index is 12.7. The summed E-state index contributed by atoms with van der Waals surface area (Å²) in [6, 6.07) is 16.7. The number of carbonyl (C=O) groups is 1. The number of esters is 1. The highest BCUT2D eigenvalue weighted by Gasteiger charge is 2.20. The van der Waals surface area contributed by atoms with Crippen LogP contribution in [0.3, 0.4) is 0 Å². The summed E-state index contributed by atoms with van der Waals surface area (Å²) >= 11 is 0. The molecule has 30 heavy (non-hydrogen) atoms. The van der Waals surface area contributed by atoms with Crippen molar-refractivity contribution in [3.05, 3.63) is 98.9 Å². The van der Waals surface area contributed by atoms with Gasteiger partial charge < -0.3 is 4.74 Å². The first kappa shape index (κ1) is 19.6. The van der Waals surface area contributed by atoms with Crippen LogP contribution in [0.2, 0.25) is 0 Å². The van der Waals surface area contributed by atoms with Gasteiger partial charge >= 0.3 is 5.97 Å². The van der Waals surface area contributed by atoms with Gasteiger partial charge in [-0.25, -0.2) is 9.78 Å². The van der Waals surface area contributed by atoms with E-state index in [1.807, 2.05) is 56.3 Å². The third-order valence-electron chi connectivity index (χ3n) is 5.05. The first-order chi connectivity index (χ1) is 14.4. The molecule has 0 amide bonds. The molecule has 0 saturated carbocycles. The van der Waals surface area contributed by atoms with Gasteiger partial charge in [0, 0.05) is 11.8 Å². The van der Waals surface area contributed by atoms with Crippen molar-refractivity contribution in [3.8, 4) is 0 Å². The Labute approximate surface area is 173 Å². The van der Waals surface area contributed by atoms with Gasteiger partial charge in [-0.2, -0.15) is 5.10 Å². The first-order valence-electron chi connectivity index (χ1n) is 9.67. The van der Waals surface area contributed by atoms with E-state index in [4.69, 9.17) is 4.74 Å². The Morgan fingerprint density at radius 2 is 1.80 bits per heavy atom. The molecule has 0 N–H and O–H groups in total. The van der Waals surface area contributed by atoms with Gasteiger partial charge in [-0.05, 0) is 38.5 Å². The van der Waals surface area contributed by atoms with Crippen molar-refractivity contribution < 1.29 is 9.53 Å². The number of pyridine rings is 1. The molecule has 7 heteroatoms. The lowest BCUT2D eigenvalue weighted by Crippen LogP contribution is -2.18. The van der Waals surface area contributed by atoms with E-state index in [1.165, 1.54) is 10.5 Å². The summed E-state index contributed by atoms with van der Waals surface area (Å²) in [6.07, 6.45) is 0. The van der Waals surface area contributed by atoms with Crippen LogP contribution in [0.1, 0.15) is 38.7 Å². The monoisotopic (exact) mass is 402 g/mol. The maximum Gasteiger partial charge on any atom is 0.342 e. The lowest BCUT2D eigenvalue weighted by Gasteiger charge is -2.08. The van der Waals surface area contributed by atoms with E-state index in [-0.39, 0.29) is 12.2 Å². The van der Waals surface area contributed by atoms with Gasteiger partial charge in [0.1, 0.15) is 17.8 Å². The minimum absolute atomic E-state index is 0.0821. The highest BCUT2D eigenvalue weighted by molar-refractivity contribution is 5.91. The predicted molar refractivity (Wildman–Crippen MR) is 113 cm³/mol. The maximum absolute atomic E-state index is 12.7. The Morgan fingerprint density at radius 3 is 2.57 bits per heavy atom. The lowest BCUT2D eigenvalue weighted by molar-refractivity contribution is 0.0466. The molecule has 0 aliphatic heterocycles. The Kier molecular flexibility index (Phi) is 5.18. The molecule has 0 atom stereocenters. The van der Waals surface area contributed by atoms with E-state index in [2.05, 4.69) is 10.1 Å². The number of carbonyl (C=O) groups excluding carboxylic acids is 1. The van der Waals surface area contributed by atoms with E-state index in [0.29, 0.717) is 29.1 Å². The number of ether oxygens (including phenoxy) is 1. The quantitative estimate of drug-likeness (QED) is 0.479. The van der Waals surface area contributed by atoms with Crippen LogP contribution in [-0.2, 0) is 17.9 Å². The zero-order valence-electron chi connectivity index (χ0n) is 17.1. The van der Waals surface area contributed by atoms with Gasteiger partial charge in [0.15, 0.2) is 0 Å². The lowest BCUT2D eigenvalue weighted by atomic mass is 10.2. The van der Waals surface area contributed by atoms with E-state index in [9.17, 15) is 9.59 Å². The van der Waals surface area contributed by atoms with Crippen LogP contribution in [-0.4, -0.2) is 25.1 Å². The number of hydrogen-bond donors (Lipinski definition) is 0. The molecule has 152 valence electrons. The van der Waals surface area contributed by atoms with Gasteiger partial charge in [-0.1, -0.05) is 36.4 Å². The molecular formula is C23H22N4O3. The molecular weight excluding hydrogens is 380 g/mol. The van der Waals surface area contributed by atoms with Crippen molar-refractivity contribution >= 4 is 11.6 Å². The summed E-state index contributed by atoms with van der Waals surface area (Å²) in [4.78, 5) is 29.6. The molecule has 0 aliphatic rings. The van der Waals surface area contributed by atoms with E-state index < -0.39 is 5.97 Å². The number of hydrogen-bond acceptors (Lipinski definition) is 5. The number of nitrogens with zero attached hydrogens (tertiary/aromatic N) is 4. The average Bonchev–Trinajstić information content (AvgIpc) is 3.00. The molecule has 3 heterocycles. The Morgan fingerprint density at radius 1 is 1.03 bits per heavy atom. The molecule has 4 rings (SSSR count). The van der Waals surface area contributed by atoms with Gasteiger partial charge in [-0.15, -0.1) is 0 Å². The molecule has 7 nitrogen and oxygen atoms in total. The van der Waals surface area contributed by atoms with E-state index >= 15 is 0 Å². The van der Waals surface area contributed by atoms with Gasteiger partial charge in [0.25, 0.3) is 5.56 Å². The van der Waals surface area contributed by atoms with Crippen molar-refractivity contribution in [1.29, 1.82) is 0 Å². The van der Waals surface area contributed by atoms with Crippen LogP contribution in [0.5, 0.6) is 0 Å². The van der Waals surface area contributed by atoms with Crippen LogP contribution < -0.4 is 5.56 Å². The van der Waals surface area contributed by atoms with E-state index in [0.717, 1.165) is 17.0 Å². The second-order valence-corrected chi connectivity index (χ2v) is 7.21. The minimum Gasteiger partial charge on any atom is -0.455 e. The molecule has 0 saturated heterocycles. The zero-order chi connectivity index (χ0) is 21.3. The van der Waals surface area contributed by atoms with Crippen molar-refractivity contribution in [2.75, 3.05) is 0 Å². The van der Waals surface area contributed by atoms with Crippen LogP contribution in [0.15, 0.2) is 59.4 Å². The summed E-state index contributed by atoms with van der Waals surface area (Å²) in [7, 11) is 0. The number of rotatable bonds is 5. The normalized spacial score (nSPS) is 11.0. The molecule has 0 bridgehead atoms. The van der Waals surface area contributed by atoms with Gasteiger partial charge in [0.05, 0.1) is 23.6 Å². The molecule has 0 aliphatic carbocycles. The standard InChI is InChI=1S/C23H22N4O3/c1-15-8-7-11-20-24-19(12-21(28)27(15)20)14-30-23(29)22-16(2)25-26(17(22)3)13-18-9-5-4-6-10-18/h4-12H,13-14H2,1-3H3. The van der Waals surface area contributed by atoms with Crippen LogP contribution in [0.4, 0.5) is 0 Å². The van der Waals surface area contributed by atoms with Crippen molar-refractivity contribution in [3.63, 3.8) is 0 Å². The topological polar surface area (TPSA) is 78.5 Å². The van der Waals surface area contributed by atoms with E-state index in [1.54, 1.807) is 17.7 Å². The first-order valence-corrected chi connectivity index (χ1v) is 9.67. The fourth-order valence-corrected chi connectivity index (χ4v) is 3.55. The van der Waals surface area contributed by atoms with Gasteiger partial charge in [0.2, 0.25) is 0 Å². The van der Waals surface area contributed by atoms with Crippen LogP contribution >= 0.6 is 0 Å². The smallest absolute Gasteiger partial charge is 0.342 e. The van der Waals surface area contributed by atoms with Gasteiger partial charge in [-0.3, -0.25) is 13.9 Å². The number of fused-ring (bicyclic) bond motifs is 1. The highest BCUT2D eigenvalue weighted by Crippen LogP contribution is 2.17. The van der Waals surface area contributed by atoms with Crippen LogP contribution in [0.25, 0.3) is 5.65 Å². The summed E-state index contributed by atoms with van der Waals surface area (Å²) < 4.78 is 8.79. The average molecular weight is 402 g/mol. The summed E-state index contributed by atoms with van der Waals surface area (Å²) in [6.45, 7) is 5.97. The SMILES string of the molecule is Cc1nn(Cc2ccccc2)c(C)c1C(=O)OCc1cc(=O)n2c(C)cccc2n1. The third kappa shape index (κ3) is 3.74. The summed E-state index contributed by atoms with van der Waals surface area (Å²) in [5.74, 6) is -0.476. The number of aromatic nitrogens is 4. The Bertz CT molecular complexity index is 1290. The second-order valence-electron chi connectivity index (χ2n) is 7.21. The summed E-state index contributed by atoms with van der Waals surface area (Å²) in [5, 5.41) is 4.49. The Balaban J connectivity index is 1.53. The van der Waals surface area contributed by atoms with Crippen molar-refractivity contribution in [2.45, 2.75) is 33.9 Å². The van der Waals surface area contributed by atoms with Crippen LogP contribution in [0, 0.1) is 20.8 Å². The van der Waals surface area contributed by atoms with Crippen molar-refractivity contribution in [1.82, 2.24) is 19.2 Å². The predicted octanol–water partition coefficient (Wildman–Crippen LogP) is 3.22. The molecule has 0 spiro atoms. The second kappa shape index (κ2) is 7.94. The fraction of sp³-hybridized carbons (Fsp3) is 0.217. The molecule has 0 radical (unpaired) electrons. The highest BCUT2D eigenvalue weighted by atomic mass is 16.5. The largest absolute Gasteiger partial charge is 0.455 e. The third-order valence-corrected chi connectivity index (χ3v) is 5.05. The zero-order valence-corrected chi connectivity index (χ0v) is 17.1. The number of benzene rings is 1. The molecule has 4 aromatic rings. The van der Waals surface area contributed by atoms with Crippen molar-refractivity contribution in [2.24, 2.45) is 0 Å². The minimum atomic E-state index is -0.476. The number of aryl methyl sites for hydroxylation is 2. The fourth-order valence-electron chi connectivity index (χ4n) is 3.55. The Hall–Kier alpha value is -3.74.